The first-order valence-corrected chi connectivity index (χ1v) is 10.8. The highest BCUT2D eigenvalue weighted by Crippen LogP contribution is 2.36. The van der Waals surface area contributed by atoms with E-state index >= 15 is 8.78 Å². The standard InChI is InChI=1S/C28H24F2/c1-3-7-17-11-21-15-25-26(16-22(21)12-18(17)8-4-2)28(30)24-14-20-10-6-5-9-19(20)13-23(24)27(25)29/h5-6,9-16H,3-4,7-8H2,1-2H3. The van der Waals surface area contributed by atoms with E-state index in [1.54, 1.807) is 12.1 Å². The molecule has 0 spiro atoms. The van der Waals surface area contributed by atoms with Gasteiger partial charge in [-0.05, 0) is 69.8 Å². The normalized spacial score (nSPS) is 11.9. The fourth-order valence-corrected chi connectivity index (χ4v) is 4.70. The summed E-state index contributed by atoms with van der Waals surface area (Å²) in [7, 11) is 0. The number of rotatable bonds is 4. The lowest BCUT2D eigenvalue weighted by Crippen LogP contribution is -1.96. The van der Waals surface area contributed by atoms with Crippen molar-refractivity contribution < 1.29 is 8.78 Å². The number of benzene rings is 5. The summed E-state index contributed by atoms with van der Waals surface area (Å²) >= 11 is 0. The molecule has 0 N–H and O–H groups in total. The summed E-state index contributed by atoms with van der Waals surface area (Å²) < 4.78 is 31.2. The Hall–Kier alpha value is -3.00. The van der Waals surface area contributed by atoms with Crippen molar-refractivity contribution in [2.24, 2.45) is 0 Å². The zero-order valence-corrected chi connectivity index (χ0v) is 17.4. The first kappa shape index (κ1) is 19.0. The van der Waals surface area contributed by atoms with Gasteiger partial charge in [-0.2, -0.15) is 0 Å². The Balaban J connectivity index is 1.87. The van der Waals surface area contributed by atoms with Crippen LogP contribution in [0, 0.1) is 11.6 Å². The van der Waals surface area contributed by atoms with Crippen LogP contribution in [0.2, 0.25) is 0 Å². The lowest BCUT2D eigenvalue weighted by Gasteiger charge is -2.14. The molecule has 0 fully saturated rings. The summed E-state index contributed by atoms with van der Waals surface area (Å²) in [5, 5.41) is 5.18. The molecule has 0 saturated heterocycles. The van der Waals surface area contributed by atoms with Crippen LogP contribution in [-0.2, 0) is 12.8 Å². The van der Waals surface area contributed by atoms with Crippen molar-refractivity contribution in [2.45, 2.75) is 39.5 Å². The van der Waals surface area contributed by atoms with E-state index in [-0.39, 0.29) is 11.6 Å². The Kier molecular flexibility index (Phi) is 4.66. The molecule has 0 radical (unpaired) electrons. The summed E-state index contributed by atoms with van der Waals surface area (Å²) in [6, 6.07) is 19.2. The van der Waals surface area contributed by atoms with Gasteiger partial charge in [0.25, 0.3) is 0 Å². The van der Waals surface area contributed by atoms with Crippen LogP contribution in [0.3, 0.4) is 0 Å². The van der Waals surface area contributed by atoms with Gasteiger partial charge in [-0.25, -0.2) is 8.78 Å². The average Bonchev–Trinajstić information content (AvgIpc) is 2.76. The van der Waals surface area contributed by atoms with Crippen molar-refractivity contribution in [1.29, 1.82) is 0 Å². The van der Waals surface area contributed by atoms with Crippen molar-refractivity contribution in [3.8, 4) is 0 Å². The van der Waals surface area contributed by atoms with E-state index in [2.05, 4.69) is 26.0 Å². The fourth-order valence-electron chi connectivity index (χ4n) is 4.70. The Morgan fingerprint density at radius 1 is 0.533 bits per heavy atom. The number of aryl methyl sites for hydroxylation is 2. The summed E-state index contributed by atoms with van der Waals surface area (Å²) in [5.74, 6) is -0.688. The van der Waals surface area contributed by atoms with Crippen molar-refractivity contribution in [3.05, 3.63) is 83.4 Å². The Morgan fingerprint density at radius 2 is 0.900 bits per heavy atom. The van der Waals surface area contributed by atoms with Crippen LogP contribution < -0.4 is 0 Å². The molecule has 0 saturated carbocycles. The smallest absolute Gasteiger partial charge is 0.139 e. The highest BCUT2D eigenvalue weighted by atomic mass is 19.1. The monoisotopic (exact) mass is 398 g/mol. The van der Waals surface area contributed by atoms with Crippen LogP contribution in [0.1, 0.15) is 37.8 Å². The van der Waals surface area contributed by atoms with Crippen molar-refractivity contribution >= 4 is 43.1 Å². The van der Waals surface area contributed by atoms with Gasteiger partial charge in [-0.1, -0.05) is 63.1 Å². The quantitative estimate of drug-likeness (QED) is 0.266. The number of fused-ring (bicyclic) bond motifs is 4. The highest BCUT2D eigenvalue weighted by Gasteiger charge is 2.16. The molecule has 0 nitrogen and oxygen atoms in total. The molecule has 0 heterocycles. The Morgan fingerprint density at radius 3 is 1.27 bits per heavy atom. The molecule has 5 rings (SSSR count). The molecule has 0 amide bonds. The molecule has 0 bridgehead atoms. The van der Waals surface area contributed by atoms with Gasteiger partial charge < -0.3 is 0 Å². The molecule has 5 aromatic rings. The zero-order valence-electron chi connectivity index (χ0n) is 17.4. The van der Waals surface area contributed by atoms with Crippen LogP contribution >= 0.6 is 0 Å². The molecule has 0 aliphatic heterocycles. The number of hydrogen-bond donors (Lipinski definition) is 0. The van der Waals surface area contributed by atoms with E-state index in [1.165, 1.54) is 11.1 Å². The van der Waals surface area contributed by atoms with E-state index in [9.17, 15) is 0 Å². The fraction of sp³-hybridized carbons (Fsp3) is 0.214. The summed E-state index contributed by atoms with van der Waals surface area (Å²) in [6.07, 6.45) is 4.14. The van der Waals surface area contributed by atoms with Crippen molar-refractivity contribution in [2.75, 3.05) is 0 Å². The van der Waals surface area contributed by atoms with Gasteiger partial charge in [-0.15, -0.1) is 0 Å². The molecular formula is C28H24F2. The highest BCUT2D eigenvalue weighted by molar-refractivity contribution is 6.09. The van der Waals surface area contributed by atoms with Crippen LogP contribution in [0.15, 0.2) is 60.7 Å². The van der Waals surface area contributed by atoms with Gasteiger partial charge in [0.1, 0.15) is 11.6 Å². The maximum Gasteiger partial charge on any atom is 0.139 e. The van der Waals surface area contributed by atoms with Gasteiger partial charge in [0.15, 0.2) is 0 Å². The maximum absolute atomic E-state index is 15.6. The molecule has 150 valence electrons. The number of halogens is 2. The zero-order chi connectivity index (χ0) is 20.8. The van der Waals surface area contributed by atoms with Crippen LogP contribution in [0.5, 0.6) is 0 Å². The Labute approximate surface area is 175 Å². The first-order chi connectivity index (χ1) is 14.6. The second kappa shape index (κ2) is 7.36. The van der Waals surface area contributed by atoms with E-state index in [0.29, 0.717) is 21.5 Å². The molecule has 0 aliphatic rings. The third-order valence-corrected chi connectivity index (χ3v) is 6.17. The second-order valence-electron chi connectivity index (χ2n) is 8.24. The largest absolute Gasteiger partial charge is 0.206 e. The van der Waals surface area contributed by atoms with E-state index in [1.807, 2.05) is 36.4 Å². The van der Waals surface area contributed by atoms with Gasteiger partial charge in [-0.3, -0.25) is 0 Å². The lowest BCUT2D eigenvalue weighted by molar-refractivity contribution is 0.635. The topological polar surface area (TPSA) is 0 Å². The van der Waals surface area contributed by atoms with E-state index < -0.39 is 0 Å². The predicted octanol–water partition coefficient (Wildman–Crippen LogP) is 8.48. The van der Waals surface area contributed by atoms with Crippen molar-refractivity contribution in [1.82, 2.24) is 0 Å². The van der Waals surface area contributed by atoms with Crippen LogP contribution in [-0.4, -0.2) is 0 Å². The van der Waals surface area contributed by atoms with Gasteiger partial charge in [0, 0.05) is 21.5 Å². The minimum Gasteiger partial charge on any atom is -0.206 e. The molecule has 2 heteroatoms. The molecule has 30 heavy (non-hydrogen) atoms. The number of hydrogen-bond acceptors (Lipinski definition) is 0. The van der Waals surface area contributed by atoms with Gasteiger partial charge in [0.2, 0.25) is 0 Å². The van der Waals surface area contributed by atoms with Gasteiger partial charge >= 0.3 is 0 Å². The summed E-state index contributed by atoms with van der Waals surface area (Å²) in [4.78, 5) is 0. The molecule has 0 aliphatic carbocycles. The maximum atomic E-state index is 15.6. The minimum atomic E-state index is -0.344. The molecule has 0 unspecified atom stereocenters. The van der Waals surface area contributed by atoms with Crippen LogP contribution in [0.4, 0.5) is 8.78 Å². The lowest BCUT2D eigenvalue weighted by atomic mass is 9.92. The van der Waals surface area contributed by atoms with E-state index in [0.717, 1.165) is 47.2 Å². The van der Waals surface area contributed by atoms with Gasteiger partial charge in [0.05, 0.1) is 0 Å². The molecule has 0 atom stereocenters. The van der Waals surface area contributed by atoms with Crippen LogP contribution in [0.25, 0.3) is 43.1 Å². The SMILES string of the molecule is CCCc1cc2cc3c(F)c4cc5ccccc5cc4c(F)c3cc2cc1CCC. The first-order valence-electron chi connectivity index (χ1n) is 10.8. The second-order valence-corrected chi connectivity index (χ2v) is 8.24. The molecule has 0 aromatic heterocycles. The average molecular weight is 398 g/mol. The molecule has 5 aromatic carbocycles. The third-order valence-electron chi connectivity index (χ3n) is 6.17. The third kappa shape index (κ3) is 2.94. The molecular weight excluding hydrogens is 374 g/mol. The van der Waals surface area contributed by atoms with Crippen molar-refractivity contribution in [3.63, 3.8) is 0 Å². The summed E-state index contributed by atoms with van der Waals surface area (Å²) in [6.45, 7) is 4.34. The summed E-state index contributed by atoms with van der Waals surface area (Å²) in [5.41, 5.74) is 2.64. The minimum absolute atomic E-state index is 0.342. The predicted molar refractivity (Wildman–Crippen MR) is 124 cm³/mol. The van der Waals surface area contributed by atoms with E-state index in [4.69, 9.17) is 0 Å². The Bertz CT molecular complexity index is 1320.